The van der Waals surface area contributed by atoms with Crippen LogP contribution in [0.1, 0.15) is 46.1 Å². The lowest BCUT2D eigenvalue weighted by molar-refractivity contribution is -0.0297. The van der Waals surface area contributed by atoms with E-state index in [1.165, 1.54) is 5.56 Å². The van der Waals surface area contributed by atoms with Crippen molar-refractivity contribution in [1.29, 1.82) is 0 Å². The minimum absolute atomic E-state index is 0.0524. The van der Waals surface area contributed by atoms with Gasteiger partial charge in [-0.1, -0.05) is 32.9 Å². The zero-order valence-corrected chi connectivity index (χ0v) is 14.3. The molecule has 2 amide bonds. The summed E-state index contributed by atoms with van der Waals surface area (Å²) < 4.78 is 5.54. The van der Waals surface area contributed by atoms with Crippen LogP contribution < -0.4 is 5.32 Å². The van der Waals surface area contributed by atoms with Crippen molar-refractivity contribution in [3.05, 3.63) is 29.8 Å². The Balaban J connectivity index is 1.87. The molecular weight excluding hydrogens is 276 g/mol. The zero-order chi connectivity index (χ0) is 16.3. The van der Waals surface area contributed by atoms with Gasteiger partial charge in [0.25, 0.3) is 0 Å². The van der Waals surface area contributed by atoms with Crippen molar-refractivity contribution in [2.24, 2.45) is 0 Å². The smallest absolute Gasteiger partial charge is 0.321 e. The fourth-order valence-corrected chi connectivity index (χ4v) is 2.66. The third kappa shape index (κ3) is 4.01. The van der Waals surface area contributed by atoms with Crippen LogP contribution in [0.5, 0.6) is 0 Å². The molecule has 1 aliphatic carbocycles. The summed E-state index contributed by atoms with van der Waals surface area (Å²) in [6, 6.07) is 8.31. The van der Waals surface area contributed by atoms with Gasteiger partial charge in [0.15, 0.2) is 0 Å². The number of carbonyl (C=O) groups excluding carboxylic acids is 1. The van der Waals surface area contributed by atoms with Crippen molar-refractivity contribution >= 4 is 11.7 Å². The Hall–Kier alpha value is -1.55. The van der Waals surface area contributed by atoms with Gasteiger partial charge in [0.1, 0.15) is 0 Å². The number of urea groups is 1. The molecule has 1 saturated carbocycles. The van der Waals surface area contributed by atoms with Crippen molar-refractivity contribution in [3.8, 4) is 0 Å². The highest BCUT2D eigenvalue weighted by Gasteiger charge is 2.34. The highest BCUT2D eigenvalue weighted by atomic mass is 16.5. The van der Waals surface area contributed by atoms with Crippen molar-refractivity contribution in [3.63, 3.8) is 0 Å². The number of amides is 2. The summed E-state index contributed by atoms with van der Waals surface area (Å²) in [6.07, 6.45) is 2.18. The number of nitrogens with zero attached hydrogens (tertiary/aromatic N) is 1. The summed E-state index contributed by atoms with van der Waals surface area (Å²) in [5.74, 6) is 0. The lowest BCUT2D eigenvalue weighted by Crippen LogP contribution is -2.50. The Morgan fingerprint density at radius 2 is 1.86 bits per heavy atom. The fraction of sp³-hybridized carbons (Fsp3) is 0.611. The summed E-state index contributed by atoms with van der Waals surface area (Å²) in [5, 5.41) is 2.96. The Morgan fingerprint density at radius 3 is 2.36 bits per heavy atom. The number of hydrogen-bond donors (Lipinski definition) is 1. The number of ether oxygens (including phenoxy) is 1. The van der Waals surface area contributed by atoms with Gasteiger partial charge in [-0.3, -0.25) is 0 Å². The molecule has 0 aromatic heterocycles. The van der Waals surface area contributed by atoms with Crippen LogP contribution in [0.2, 0.25) is 0 Å². The maximum Gasteiger partial charge on any atom is 0.321 e. The van der Waals surface area contributed by atoms with E-state index < -0.39 is 0 Å². The number of hydrogen-bond acceptors (Lipinski definition) is 2. The first-order valence-corrected chi connectivity index (χ1v) is 8.07. The highest BCUT2D eigenvalue weighted by molar-refractivity contribution is 5.89. The monoisotopic (exact) mass is 304 g/mol. The number of benzene rings is 1. The molecule has 1 fully saturated rings. The molecule has 4 nitrogen and oxygen atoms in total. The second kappa shape index (κ2) is 6.69. The third-order valence-electron chi connectivity index (χ3n) is 4.34. The van der Waals surface area contributed by atoms with Gasteiger partial charge in [-0.15, -0.1) is 0 Å². The van der Waals surface area contributed by atoms with E-state index in [4.69, 9.17) is 4.74 Å². The molecule has 2 rings (SSSR count). The van der Waals surface area contributed by atoms with Gasteiger partial charge in [-0.2, -0.15) is 0 Å². The Labute approximate surface area is 133 Å². The molecule has 0 unspecified atom stereocenters. The molecule has 0 spiro atoms. The van der Waals surface area contributed by atoms with Crippen molar-refractivity contribution in [2.75, 3.05) is 19.0 Å². The molecule has 22 heavy (non-hydrogen) atoms. The molecule has 1 N–H and O–H groups in total. The molecule has 1 aromatic rings. The van der Waals surface area contributed by atoms with Crippen LogP contribution in [0.3, 0.4) is 0 Å². The van der Waals surface area contributed by atoms with Crippen molar-refractivity contribution in [2.45, 2.75) is 58.1 Å². The van der Waals surface area contributed by atoms with Gasteiger partial charge in [-0.25, -0.2) is 4.79 Å². The van der Waals surface area contributed by atoms with Crippen LogP contribution >= 0.6 is 0 Å². The molecule has 0 heterocycles. The van der Waals surface area contributed by atoms with Crippen molar-refractivity contribution in [1.82, 2.24) is 4.90 Å². The van der Waals surface area contributed by atoms with E-state index in [1.54, 1.807) is 4.90 Å². The predicted molar refractivity (Wildman–Crippen MR) is 90.4 cm³/mol. The molecule has 0 aliphatic heterocycles. The van der Waals surface area contributed by atoms with Gasteiger partial charge in [0.2, 0.25) is 0 Å². The summed E-state index contributed by atoms with van der Waals surface area (Å²) in [6.45, 7) is 9.29. The number of rotatable bonds is 4. The van der Waals surface area contributed by atoms with Crippen LogP contribution in [0.25, 0.3) is 0 Å². The Bertz CT molecular complexity index is 499. The van der Waals surface area contributed by atoms with Crippen LogP contribution in [0.4, 0.5) is 10.5 Å². The standard InChI is InChI=1S/C18H28N2O2/c1-6-22-16-11-15(12-16)20(5)17(21)19-14-9-7-13(8-10-14)18(2,3)4/h7-10,15-16H,6,11-12H2,1-5H3,(H,19,21). The van der Waals surface area contributed by atoms with Crippen LogP contribution in [-0.2, 0) is 10.2 Å². The minimum atomic E-state index is -0.0524. The lowest BCUT2D eigenvalue weighted by Gasteiger charge is -2.40. The van der Waals surface area contributed by atoms with Gasteiger partial charge in [-0.05, 0) is 42.9 Å². The SMILES string of the molecule is CCOC1CC(N(C)C(=O)Nc2ccc(C(C)(C)C)cc2)C1. The number of anilines is 1. The molecule has 0 atom stereocenters. The van der Waals surface area contributed by atoms with Crippen molar-refractivity contribution < 1.29 is 9.53 Å². The number of nitrogens with one attached hydrogen (secondary N) is 1. The first-order chi connectivity index (χ1) is 10.3. The summed E-state index contributed by atoms with van der Waals surface area (Å²) in [5.41, 5.74) is 2.22. The third-order valence-corrected chi connectivity index (χ3v) is 4.34. The minimum Gasteiger partial charge on any atom is -0.378 e. The largest absolute Gasteiger partial charge is 0.378 e. The lowest BCUT2D eigenvalue weighted by atomic mass is 9.87. The fourth-order valence-electron chi connectivity index (χ4n) is 2.66. The summed E-state index contributed by atoms with van der Waals surface area (Å²) in [4.78, 5) is 14.1. The maximum atomic E-state index is 12.3. The quantitative estimate of drug-likeness (QED) is 0.913. The summed E-state index contributed by atoms with van der Waals surface area (Å²) >= 11 is 0. The first-order valence-electron chi connectivity index (χ1n) is 8.07. The summed E-state index contributed by atoms with van der Waals surface area (Å²) in [7, 11) is 1.85. The molecule has 4 heteroatoms. The highest BCUT2D eigenvalue weighted by Crippen LogP contribution is 2.28. The maximum absolute atomic E-state index is 12.3. The molecule has 0 radical (unpaired) electrons. The van der Waals surface area contributed by atoms with Crippen LogP contribution in [-0.4, -0.2) is 36.7 Å². The predicted octanol–water partition coefficient (Wildman–Crippen LogP) is 4.02. The molecule has 122 valence electrons. The van der Waals surface area contributed by atoms with E-state index >= 15 is 0 Å². The van der Waals surface area contributed by atoms with E-state index in [9.17, 15) is 4.79 Å². The van der Waals surface area contributed by atoms with Crippen LogP contribution in [0, 0.1) is 0 Å². The van der Waals surface area contributed by atoms with Gasteiger partial charge >= 0.3 is 6.03 Å². The molecular formula is C18H28N2O2. The van der Waals surface area contributed by atoms with Crippen LogP contribution in [0.15, 0.2) is 24.3 Å². The zero-order valence-electron chi connectivity index (χ0n) is 14.3. The molecule has 1 aliphatic rings. The second-order valence-electron chi connectivity index (χ2n) is 7.07. The van der Waals surface area contributed by atoms with E-state index in [0.717, 1.165) is 25.1 Å². The molecule has 0 saturated heterocycles. The second-order valence-corrected chi connectivity index (χ2v) is 7.07. The first kappa shape index (κ1) is 16.8. The average molecular weight is 304 g/mol. The van der Waals surface area contributed by atoms with E-state index in [2.05, 4.69) is 38.2 Å². The topological polar surface area (TPSA) is 41.6 Å². The number of carbonyl (C=O) groups is 1. The molecule has 1 aromatic carbocycles. The Kier molecular flexibility index (Phi) is 5.12. The Morgan fingerprint density at radius 1 is 1.27 bits per heavy atom. The van der Waals surface area contributed by atoms with Gasteiger partial charge < -0.3 is 15.0 Å². The van der Waals surface area contributed by atoms with Gasteiger partial charge in [0, 0.05) is 25.4 Å². The normalized spacial score (nSPS) is 21.1. The van der Waals surface area contributed by atoms with Gasteiger partial charge in [0.05, 0.1) is 6.10 Å². The average Bonchev–Trinajstić information content (AvgIpc) is 2.41. The van der Waals surface area contributed by atoms with E-state index in [0.29, 0.717) is 6.10 Å². The molecule has 0 bridgehead atoms. The van der Waals surface area contributed by atoms with E-state index in [1.807, 2.05) is 26.1 Å². The van der Waals surface area contributed by atoms with E-state index in [-0.39, 0.29) is 17.5 Å².